The Morgan fingerprint density at radius 1 is 1.14 bits per heavy atom. The van der Waals surface area contributed by atoms with Crippen LogP contribution in [0.5, 0.6) is 0 Å². The van der Waals surface area contributed by atoms with Crippen molar-refractivity contribution >= 4 is 31.9 Å². The number of alkyl halides is 1. The average molecular weight is 314 g/mol. The molecule has 1 aromatic rings. The van der Waals surface area contributed by atoms with Crippen LogP contribution in [0, 0.1) is 0 Å². The maximum absolute atomic E-state index is 3.76. The quantitative estimate of drug-likeness (QED) is 0.626. The molecular formula is C12H10Br2. The van der Waals surface area contributed by atoms with Gasteiger partial charge in [-0.15, -0.1) is 0 Å². The summed E-state index contributed by atoms with van der Waals surface area (Å²) >= 11 is 7.41. The third-order valence-electron chi connectivity index (χ3n) is 3.28. The largest absolute Gasteiger partial charge is 0.0826 e. The summed E-state index contributed by atoms with van der Waals surface area (Å²) in [5.74, 6) is 1.30. The average Bonchev–Trinajstić information content (AvgIpc) is 2.52. The zero-order valence-electron chi connectivity index (χ0n) is 7.58. The van der Waals surface area contributed by atoms with Crippen LogP contribution in [0.4, 0.5) is 0 Å². The van der Waals surface area contributed by atoms with Crippen LogP contribution in [0.2, 0.25) is 0 Å². The molecule has 2 heteroatoms. The summed E-state index contributed by atoms with van der Waals surface area (Å²) in [7, 11) is 0. The van der Waals surface area contributed by atoms with Gasteiger partial charge in [-0.25, -0.2) is 0 Å². The van der Waals surface area contributed by atoms with E-state index in [0.717, 1.165) is 0 Å². The summed E-state index contributed by atoms with van der Waals surface area (Å²) in [5.41, 5.74) is 3.06. The van der Waals surface area contributed by atoms with E-state index in [2.05, 4.69) is 62.2 Å². The molecule has 2 bridgehead atoms. The fourth-order valence-corrected chi connectivity index (χ4v) is 3.92. The van der Waals surface area contributed by atoms with Crippen LogP contribution in [0.25, 0.3) is 0 Å². The van der Waals surface area contributed by atoms with E-state index in [-0.39, 0.29) is 0 Å². The van der Waals surface area contributed by atoms with E-state index < -0.39 is 0 Å². The molecule has 72 valence electrons. The molecule has 0 fully saturated rings. The Hall–Kier alpha value is -0.0800. The van der Waals surface area contributed by atoms with Crippen LogP contribution in [0.3, 0.4) is 0 Å². The highest BCUT2D eigenvalue weighted by atomic mass is 79.9. The first-order valence-electron chi connectivity index (χ1n) is 4.87. The lowest BCUT2D eigenvalue weighted by Crippen LogP contribution is -2.13. The number of allylic oxidation sites excluding steroid dienone is 2. The first-order valence-corrected chi connectivity index (χ1v) is 6.58. The molecule has 3 rings (SSSR count). The maximum Gasteiger partial charge on any atom is 0.0527 e. The third kappa shape index (κ3) is 1.17. The second-order valence-electron chi connectivity index (χ2n) is 4.03. The third-order valence-corrected chi connectivity index (χ3v) is 5.78. The molecule has 0 N–H and O–H groups in total. The van der Waals surface area contributed by atoms with E-state index in [1.807, 2.05) is 0 Å². The maximum atomic E-state index is 3.76. The molecule has 0 heterocycles. The molecule has 0 saturated carbocycles. The molecule has 0 spiro atoms. The van der Waals surface area contributed by atoms with E-state index >= 15 is 0 Å². The summed E-state index contributed by atoms with van der Waals surface area (Å²) in [6, 6.07) is 8.83. The standard InChI is InChI=1S/C12H10Br2/c13-11-6-7-5-10(12(11)14)9-4-2-1-3-8(7)9/h1-4,6-7,10,12H,5H2/t7-,10-,12+/m0/s1. The lowest BCUT2D eigenvalue weighted by molar-refractivity contribution is 0.638. The Kier molecular flexibility index (Phi) is 2.10. The van der Waals surface area contributed by atoms with Crippen LogP contribution < -0.4 is 0 Å². The van der Waals surface area contributed by atoms with Crippen molar-refractivity contribution in [3.8, 4) is 0 Å². The zero-order chi connectivity index (χ0) is 9.71. The van der Waals surface area contributed by atoms with Crippen LogP contribution >= 0.6 is 31.9 Å². The van der Waals surface area contributed by atoms with E-state index in [1.54, 1.807) is 0 Å². The van der Waals surface area contributed by atoms with Gasteiger partial charge in [0.15, 0.2) is 0 Å². The van der Waals surface area contributed by atoms with E-state index in [9.17, 15) is 0 Å². The highest BCUT2D eigenvalue weighted by Gasteiger charge is 2.38. The summed E-state index contributed by atoms with van der Waals surface area (Å²) in [6.45, 7) is 0. The molecule has 14 heavy (non-hydrogen) atoms. The first-order chi connectivity index (χ1) is 6.77. The Balaban J connectivity index is 2.18. The van der Waals surface area contributed by atoms with Gasteiger partial charge in [-0.3, -0.25) is 0 Å². The Morgan fingerprint density at radius 3 is 2.64 bits per heavy atom. The van der Waals surface area contributed by atoms with Crippen molar-refractivity contribution in [2.75, 3.05) is 0 Å². The highest BCUT2D eigenvalue weighted by Crippen LogP contribution is 2.52. The van der Waals surface area contributed by atoms with Gasteiger partial charge in [0.05, 0.1) is 4.83 Å². The van der Waals surface area contributed by atoms with Crippen molar-refractivity contribution in [3.05, 3.63) is 46.0 Å². The second kappa shape index (κ2) is 3.21. The minimum absolute atomic E-state index is 0.474. The zero-order valence-corrected chi connectivity index (χ0v) is 10.8. The summed E-state index contributed by atoms with van der Waals surface area (Å²) in [6.07, 6.45) is 3.62. The van der Waals surface area contributed by atoms with E-state index in [1.165, 1.54) is 22.0 Å². The molecule has 0 aliphatic heterocycles. The Morgan fingerprint density at radius 2 is 1.86 bits per heavy atom. The van der Waals surface area contributed by atoms with E-state index in [0.29, 0.717) is 16.7 Å². The molecule has 1 aromatic carbocycles. The predicted molar refractivity (Wildman–Crippen MR) is 66.3 cm³/mol. The van der Waals surface area contributed by atoms with Gasteiger partial charge in [0.25, 0.3) is 0 Å². The number of hydrogen-bond acceptors (Lipinski definition) is 0. The monoisotopic (exact) mass is 312 g/mol. The summed E-state index contributed by atoms with van der Waals surface area (Å²) < 4.78 is 1.31. The van der Waals surface area contributed by atoms with Gasteiger partial charge in [-0.2, -0.15) is 0 Å². The van der Waals surface area contributed by atoms with Crippen molar-refractivity contribution in [3.63, 3.8) is 0 Å². The van der Waals surface area contributed by atoms with Crippen molar-refractivity contribution < 1.29 is 0 Å². The van der Waals surface area contributed by atoms with Gasteiger partial charge in [0, 0.05) is 16.3 Å². The van der Waals surface area contributed by atoms with Gasteiger partial charge in [0.2, 0.25) is 0 Å². The molecule has 0 aromatic heterocycles. The van der Waals surface area contributed by atoms with Crippen LogP contribution in [0.1, 0.15) is 29.4 Å². The molecule has 0 unspecified atom stereocenters. The fraction of sp³-hybridized carbons (Fsp3) is 0.333. The molecule has 0 nitrogen and oxygen atoms in total. The highest BCUT2D eigenvalue weighted by molar-refractivity contribution is 9.14. The Bertz CT molecular complexity index is 409. The lowest BCUT2D eigenvalue weighted by atomic mass is 9.93. The number of hydrogen-bond donors (Lipinski definition) is 0. The normalized spacial score (nSPS) is 33.9. The fourth-order valence-electron chi connectivity index (χ4n) is 2.63. The molecule has 3 atom stereocenters. The number of benzene rings is 1. The van der Waals surface area contributed by atoms with Crippen LogP contribution in [0.15, 0.2) is 34.8 Å². The summed E-state index contributed by atoms with van der Waals surface area (Å²) in [4.78, 5) is 0.474. The lowest BCUT2D eigenvalue weighted by Gasteiger charge is -2.22. The first kappa shape index (κ1) is 9.17. The van der Waals surface area contributed by atoms with Crippen molar-refractivity contribution in [2.45, 2.75) is 23.1 Å². The predicted octanol–water partition coefficient (Wildman–Crippen LogP) is 4.31. The molecule has 0 saturated heterocycles. The van der Waals surface area contributed by atoms with E-state index in [4.69, 9.17) is 0 Å². The molecule has 0 amide bonds. The van der Waals surface area contributed by atoms with Gasteiger partial charge in [-0.1, -0.05) is 62.2 Å². The van der Waals surface area contributed by atoms with Crippen LogP contribution in [-0.4, -0.2) is 4.83 Å². The molecule has 2 aliphatic rings. The van der Waals surface area contributed by atoms with Gasteiger partial charge in [-0.05, 0) is 17.5 Å². The molecular weight excluding hydrogens is 304 g/mol. The Labute approximate surface area is 101 Å². The topological polar surface area (TPSA) is 0 Å². The van der Waals surface area contributed by atoms with Crippen LogP contribution in [-0.2, 0) is 0 Å². The van der Waals surface area contributed by atoms with Gasteiger partial charge >= 0.3 is 0 Å². The number of fused-ring (bicyclic) bond motifs is 5. The minimum atomic E-state index is 0.474. The van der Waals surface area contributed by atoms with Crippen molar-refractivity contribution in [1.82, 2.24) is 0 Å². The molecule has 2 aliphatic carbocycles. The smallest absolute Gasteiger partial charge is 0.0527 e. The van der Waals surface area contributed by atoms with Crippen molar-refractivity contribution in [1.29, 1.82) is 0 Å². The van der Waals surface area contributed by atoms with Gasteiger partial charge < -0.3 is 0 Å². The van der Waals surface area contributed by atoms with Crippen molar-refractivity contribution in [2.24, 2.45) is 0 Å². The minimum Gasteiger partial charge on any atom is -0.0826 e. The SMILES string of the molecule is BrC1=C[C@@H]2C[C@@H](c3ccccc32)[C@H]1Br. The number of halogens is 2. The number of rotatable bonds is 0. The molecule has 0 radical (unpaired) electrons. The second-order valence-corrected chi connectivity index (χ2v) is 5.93. The summed E-state index contributed by atoms with van der Waals surface area (Å²) in [5, 5.41) is 0. The van der Waals surface area contributed by atoms with Gasteiger partial charge in [0.1, 0.15) is 0 Å².